The van der Waals surface area contributed by atoms with E-state index in [1.807, 2.05) is 0 Å². The number of hydrogen-bond donors (Lipinski definition) is 1. The zero-order valence-corrected chi connectivity index (χ0v) is 12.1. The molecule has 8 heteroatoms. The third kappa shape index (κ3) is 4.14. The molecule has 2 N–H and O–H groups in total. The van der Waals surface area contributed by atoms with Gasteiger partial charge in [0.1, 0.15) is 5.75 Å². The fourth-order valence-electron chi connectivity index (χ4n) is 1.23. The number of amides is 1. The lowest BCUT2D eigenvalue weighted by Gasteiger charge is -2.03. The van der Waals surface area contributed by atoms with E-state index in [4.69, 9.17) is 26.5 Å². The number of carbonyl (C=O) groups excluding carboxylic acids is 1. The minimum atomic E-state index is -0.438. The van der Waals surface area contributed by atoms with Crippen molar-refractivity contribution in [1.82, 2.24) is 10.2 Å². The smallest absolute Gasteiger partial charge is 0.277 e. The van der Waals surface area contributed by atoms with Gasteiger partial charge in [0, 0.05) is 5.02 Å². The van der Waals surface area contributed by atoms with E-state index in [9.17, 15) is 4.79 Å². The summed E-state index contributed by atoms with van der Waals surface area (Å²) in [6, 6.07) is 6.92. The summed E-state index contributed by atoms with van der Waals surface area (Å²) in [5.74, 6) is 0.526. The maximum absolute atomic E-state index is 10.9. The number of primary amides is 1. The van der Waals surface area contributed by atoms with Crippen molar-refractivity contribution in [3.8, 4) is 5.75 Å². The maximum Gasteiger partial charge on any atom is 0.277 e. The van der Waals surface area contributed by atoms with E-state index in [1.165, 1.54) is 0 Å². The zero-order valence-electron chi connectivity index (χ0n) is 10.6. The summed E-state index contributed by atoms with van der Waals surface area (Å²) < 4.78 is 10.8. The molecule has 6 nitrogen and oxygen atoms in total. The highest BCUT2D eigenvalue weighted by molar-refractivity contribution is 8.00. The second-order valence-corrected chi connectivity index (χ2v) is 5.60. The van der Waals surface area contributed by atoms with Crippen molar-refractivity contribution in [2.24, 2.45) is 5.73 Å². The van der Waals surface area contributed by atoms with Crippen molar-refractivity contribution in [2.75, 3.05) is 0 Å². The molecule has 1 atom stereocenters. The van der Waals surface area contributed by atoms with Crippen molar-refractivity contribution in [3.05, 3.63) is 35.2 Å². The SMILES string of the molecule is C[C@@H](Sc1nnc(COc2ccc(Cl)cc2)o1)C(N)=O. The lowest BCUT2D eigenvalue weighted by molar-refractivity contribution is -0.117. The number of nitrogens with zero attached hydrogens (tertiary/aromatic N) is 2. The van der Waals surface area contributed by atoms with E-state index in [2.05, 4.69) is 10.2 Å². The summed E-state index contributed by atoms with van der Waals surface area (Å²) in [7, 11) is 0. The van der Waals surface area contributed by atoms with Gasteiger partial charge in [-0.05, 0) is 31.2 Å². The molecule has 0 fully saturated rings. The average molecular weight is 314 g/mol. The fourth-order valence-corrected chi connectivity index (χ4v) is 2.01. The molecule has 0 aliphatic rings. The number of ether oxygens (including phenoxy) is 1. The highest BCUT2D eigenvalue weighted by atomic mass is 35.5. The molecule has 0 unspecified atom stereocenters. The number of thioether (sulfide) groups is 1. The Morgan fingerprint density at radius 1 is 1.45 bits per heavy atom. The van der Waals surface area contributed by atoms with Crippen LogP contribution in [0, 0.1) is 0 Å². The first-order valence-electron chi connectivity index (χ1n) is 5.71. The van der Waals surface area contributed by atoms with Gasteiger partial charge in [-0.2, -0.15) is 0 Å². The van der Waals surface area contributed by atoms with Gasteiger partial charge in [0.05, 0.1) is 5.25 Å². The molecule has 0 bridgehead atoms. The van der Waals surface area contributed by atoms with Gasteiger partial charge in [0.15, 0.2) is 6.61 Å². The Labute approximate surface area is 124 Å². The normalized spacial score (nSPS) is 12.1. The Morgan fingerprint density at radius 3 is 2.80 bits per heavy atom. The topological polar surface area (TPSA) is 91.2 Å². The third-order valence-electron chi connectivity index (χ3n) is 2.30. The van der Waals surface area contributed by atoms with E-state index < -0.39 is 11.2 Å². The van der Waals surface area contributed by atoms with Crippen LogP contribution in [-0.2, 0) is 11.4 Å². The summed E-state index contributed by atoms with van der Waals surface area (Å²) in [6.07, 6.45) is 0. The summed E-state index contributed by atoms with van der Waals surface area (Å²) in [5, 5.41) is 8.11. The summed E-state index contributed by atoms with van der Waals surface area (Å²) >= 11 is 6.88. The molecule has 0 aliphatic heterocycles. The summed E-state index contributed by atoms with van der Waals surface area (Å²) in [5.41, 5.74) is 5.15. The Hall–Kier alpha value is -1.73. The minimum absolute atomic E-state index is 0.139. The van der Waals surface area contributed by atoms with Gasteiger partial charge in [-0.1, -0.05) is 23.4 Å². The number of aromatic nitrogens is 2. The third-order valence-corrected chi connectivity index (χ3v) is 3.51. The molecule has 1 heterocycles. The highest BCUT2D eigenvalue weighted by Crippen LogP contribution is 2.22. The first-order chi connectivity index (χ1) is 9.54. The predicted molar refractivity (Wildman–Crippen MR) is 74.6 cm³/mol. The zero-order chi connectivity index (χ0) is 14.5. The molecule has 20 heavy (non-hydrogen) atoms. The predicted octanol–water partition coefficient (Wildman–Crippen LogP) is 2.27. The van der Waals surface area contributed by atoms with Gasteiger partial charge in [-0.3, -0.25) is 4.79 Å². The molecule has 106 valence electrons. The molecule has 2 aromatic rings. The van der Waals surface area contributed by atoms with Crippen LogP contribution in [-0.4, -0.2) is 21.4 Å². The van der Waals surface area contributed by atoms with Crippen LogP contribution in [0.25, 0.3) is 0 Å². The quantitative estimate of drug-likeness (QED) is 0.823. The Balaban J connectivity index is 1.89. The Bertz CT molecular complexity index is 588. The van der Waals surface area contributed by atoms with Crippen LogP contribution in [0.5, 0.6) is 5.75 Å². The number of rotatable bonds is 6. The van der Waals surface area contributed by atoms with Gasteiger partial charge in [0.25, 0.3) is 11.1 Å². The molecule has 0 radical (unpaired) electrons. The highest BCUT2D eigenvalue weighted by Gasteiger charge is 2.15. The second kappa shape index (κ2) is 6.62. The largest absolute Gasteiger partial charge is 0.484 e. The van der Waals surface area contributed by atoms with Crippen molar-refractivity contribution in [3.63, 3.8) is 0 Å². The van der Waals surface area contributed by atoms with E-state index in [0.717, 1.165) is 11.8 Å². The van der Waals surface area contributed by atoms with Crippen LogP contribution >= 0.6 is 23.4 Å². The first-order valence-corrected chi connectivity index (χ1v) is 6.97. The maximum atomic E-state index is 10.9. The van der Waals surface area contributed by atoms with Crippen molar-refractivity contribution < 1.29 is 13.9 Å². The molecular formula is C12H12ClN3O3S. The first kappa shape index (κ1) is 14.7. The molecule has 2 rings (SSSR count). The molecule has 0 saturated heterocycles. The molecular weight excluding hydrogens is 302 g/mol. The molecule has 1 amide bonds. The molecule has 0 saturated carbocycles. The monoisotopic (exact) mass is 313 g/mol. The molecule has 1 aromatic carbocycles. The Kier molecular flexibility index (Phi) is 4.86. The summed E-state index contributed by atoms with van der Waals surface area (Å²) in [4.78, 5) is 10.9. The molecule has 0 aliphatic carbocycles. The van der Waals surface area contributed by atoms with Gasteiger partial charge in [-0.25, -0.2) is 0 Å². The van der Waals surface area contributed by atoms with Crippen LogP contribution < -0.4 is 10.5 Å². The lowest BCUT2D eigenvalue weighted by atomic mass is 10.3. The van der Waals surface area contributed by atoms with Crippen LogP contribution in [0.4, 0.5) is 0 Å². The van der Waals surface area contributed by atoms with Crippen molar-refractivity contribution in [2.45, 2.75) is 24.0 Å². The Morgan fingerprint density at radius 2 is 2.15 bits per heavy atom. The van der Waals surface area contributed by atoms with Gasteiger partial charge < -0.3 is 14.9 Å². The van der Waals surface area contributed by atoms with E-state index in [1.54, 1.807) is 31.2 Å². The van der Waals surface area contributed by atoms with Gasteiger partial charge in [-0.15, -0.1) is 10.2 Å². The van der Waals surface area contributed by atoms with Gasteiger partial charge in [0.2, 0.25) is 5.91 Å². The van der Waals surface area contributed by atoms with Crippen LogP contribution in [0.1, 0.15) is 12.8 Å². The van der Waals surface area contributed by atoms with Gasteiger partial charge >= 0.3 is 0 Å². The number of carbonyl (C=O) groups is 1. The van der Waals surface area contributed by atoms with Crippen molar-refractivity contribution in [1.29, 1.82) is 0 Å². The van der Waals surface area contributed by atoms with E-state index in [0.29, 0.717) is 16.7 Å². The number of nitrogens with two attached hydrogens (primary N) is 1. The van der Waals surface area contributed by atoms with Crippen LogP contribution in [0.2, 0.25) is 5.02 Å². The van der Waals surface area contributed by atoms with E-state index >= 15 is 0 Å². The minimum Gasteiger partial charge on any atom is -0.484 e. The second-order valence-electron chi connectivity index (χ2n) is 3.87. The van der Waals surface area contributed by atoms with E-state index in [-0.39, 0.29) is 11.8 Å². The summed E-state index contributed by atoms with van der Waals surface area (Å²) in [6.45, 7) is 1.81. The number of halogens is 1. The van der Waals surface area contributed by atoms with Crippen molar-refractivity contribution >= 4 is 29.3 Å². The molecule has 0 spiro atoms. The molecule has 1 aromatic heterocycles. The standard InChI is InChI=1S/C12H12ClN3O3S/c1-7(11(14)17)20-12-16-15-10(19-12)6-18-9-4-2-8(13)3-5-9/h2-5,7H,6H2,1H3,(H2,14,17)/t7-/m1/s1. The lowest BCUT2D eigenvalue weighted by Crippen LogP contribution is -2.22. The van der Waals surface area contributed by atoms with Crippen LogP contribution in [0.15, 0.2) is 33.9 Å². The average Bonchev–Trinajstić information content (AvgIpc) is 2.85. The number of benzene rings is 1. The van der Waals surface area contributed by atoms with Crippen LogP contribution in [0.3, 0.4) is 0 Å². The number of hydrogen-bond acceptors (Lipinski definition) is 6. The fraction of sp³-hybridized carbons (Fsp3) is 0.250.